The van der Waals surface area contributed by atoms with Gasteiger partial charge in [-0.2, -0.15) is 0 Å². The minimum absolute atomic E-state index is 0.371. The van der Waals surface area contributed by atoms with Crippen molar-refractivity contribution >= 4 is 5.69 Å². The van der Waals surface area contributed by atoms with Crippen LogP contribution in [0.15, 0.2) is 18.2 Å². The van der Waals surface area contributed by atoms with E-state index in [9.17, 15) is 5.11 Å². The van der Waals surface area contributed by atoms with Crippen molar-refractivity contribution in [3.05, 3.63) is 23.8 Å². The smallest absolute Gasteiger partial charge is 0.116 e. The Morgan fingerprint density at radius 2 is 2.40 bits per heavy atom. The monoisotopic (exact) mass is 206 g/mol. The lowest BCUT2D eigenvalue weighted by Crippen LogP contribution is -2.10. The van der Waals surface area contributed by atoms with Crippen LogP contribution in [0, 0.1) is 0 Å². The van der Waals surface area contributed by atoms with E-state index in [0.29, 0.717) is 11.7 Å². The van der Waals surface area contributed by atoms with Crippen molar-refractivity contribution in [3.8, 4) is 5.75 Å². The lowest BCUT2D eigenvalue weighted by molar-refractivity contribution is 0.474. The molecule has 1 aliphatic rings. The number of aromatic hydroxyl groups is 1. The molecule has 1 aromatic carbocycles. The Kier molecular flexibility index (Phi) is 3.11. The van der Waals surface area contributed by atoms with Crippen LogP contribution in [0.25, 0.3) is 0 Å². The first kappa shape index (κ1) is 10.3. The fourth-order valence-electron chi connectivity index (χ4n) is 2.17. The highest BCUT2D eigenvalue weighted by Gasteiger charge is 2.21. The number of hydrogen-bond acceptors (Lipinski definition) is 3. The molecular weight excluding hydrogens is 188 g/mol. The summed E-state index contributed by atoms with van der Waals surface area (Å²) in [6.45, 7) is 2.06. The van der Waals surface area contributed by atoms with E-state index in [4.69, 9.17) is 0 Å². The SMILES string of the molecule is CNCCCC1CNc2ccc(O)cc21. The zero-order valence-corrected chi connectivity index (χ0v) is 9.09. The molecule has 15 heavy (non-hydrogen) atoms. The molecule has 82 valence electrons. The van der Waals surface area contributed by atoms with E-state index in [0.717, 1.165) is 13.1 Å². The van der Waals surface area contributed by atoms with Crippen LogP contribution in [-0.2, 0) is 0 Å². The van der Waals surface area contributed by atoms with Gasteiger partial charge in [0.15, 0.2) is 0 Å². The van der Waals surface area contributed by atoms with Gasteiger partial charge in [-0.15, -0.1) is 0 Å². The number of nitrogens with one attached hydrogen (secondary N) is 2. The Balaban J connectivity index is 2.03. The topological polar surface area (TPSA) is 44.3 Å². The molecule has 2 rings (SSSR count). The highest BCUT2D eigenvalue weighted by Crippen LogP contribution is 2.36. The maximum absolute atomic E-state index is 9.45. The lowest BCUT2D eigenvalue weighted by Gasteiger charge is -2.09. The number of phenolic OH excluding ortho intramolecular Hbond substituents is 1. The zero-order chi connectivity index (χ0) is 10.7. The van der Waals surface area contributed by atoms with E-state index in [1.807, 2.05) is 19.2 Å². The number of anilines is 1. The maximum atomic E-state index is 9.45. The van der Waals surface area contributed by atoms with E-state index in [1.165, 1.54) is 24.1 Å². The molecular formula is C12H18N2O. The average Bonchev–Trinajstić information content (AvgIpc) is 2.62. The third kappa shape index (κ3) is 2.23. The number of benzene rings is 1. The molecule has 1 atom stereocenters. The summed E-state index contributed by atoms with van der Waals surface area (Å²) in [4.78, 5) is 0. The third-order valence-electron chi connectivity index (χ3n) is 2.99. The second-order valence-electron chi connectivity index (χ2n) is 4.10. The molecule has 0 fully saturated rings. The highest BCUT2D eigenvalue weighted by atomic mass is 16.3. The van der Waals surface area contributed by atoms with Crippen molar-refractivity contribution in [1.82, 2.24) is 5.32 Å². The molecule has 1 heterocycles. The maximum Gasteiger partial charge on any atom is 0.116 e. The molecule has 0 saturated carbocycles. The Morgan fingerprint density at radius 3 is 3.20 bits per heavy atom. The molecule has 0 amide bonds. The second-order valence-corrected chi connectivity index (χ2v) is 4.10. The average molecular weight is 206 g/mol. The summed E-state index contributed by atoms with van der Waals surface area (Å²) in [7, 11) is 1.98. The van der Waals surface area contributed by atoms with Crippen LogP contribution in [0.2, 0.25) is 0 Å². The van der Waals surface area contributed by atoms with Gasteiger partial charge in [-0.05, 0) is 50.2 Å². The third-order valence-corrected chi connectivity index (χ3v) is 2.99. The van der Waals surface area contributed by atoms with Crippen molar-refractivity contribution in [2.75, 3.05) is 25.5 Å². The summed E-state index contributed by atoms with van der Waals surface area (Å²) in [5, 5.41) is 16.0. The van der Waals surface area contributed by atoms with Crippen molar-refractivity contribution < 1.29 is 5.11 Å². The molecule has 0 aromatic heterocycles. The van der Waals surface area contributed by atoms with Gasteiger partial charge in [0, 0.05) is 18.2 Å². The van der Waals surface area contributed by atoms with Crippen LogP contribution in [0.1, 0.15) is 24.3 Å². The van der Waals surface area contributed by atoms with Crippen molar-refractivity contribution in [3.63, 3.8) is 0 Å². The fourth-order valence-corrected chi connectivity index (χ4v) is 2.17. The summed E-state index contributed by atoms with van der Waals surface area (Å²) >= 11 is 0. The first-order chi connectivity index (χ1) is 7.31. The lowest BCUT2D eigenvalue weighted by atomic mass is 9.96. The van der Waals surface area contributed by atoms with Gasteiger partial charge < -0.3 is 15.7 Å². The molecule has 0 bridgehead atoms. The van der Waals surface area contributed by atoms with Crippen LogP contribution in [0.3, 0.4) is 0 Å². The van der Waals surface area contributed by atoms with Gasteiger partial charge >= 0.3 is 0 Å². The van der Waals surface area contributed by atoms with Crippen LogP contribution in [0.4, 0.5) is 5.69 Å². The van der Waals surface area contributed by atoms with E-state index in [2.05, 4.69) is 10.6 Å². The summed E-state index contributed by atoms with van der Waals surface area (Å²) in [6, 6.07) is 5.59. The van der Waals surface area contributed by atoms with Crippen molar-refractivity contribution in [1.29, 1.82) is 0 Å². The normalized spacial score (nSPS) is 18.6. The molecule has 1 aromatic rings. The first-order valence-electron chi connectivity index (χ1n) is 5.52. The quantitative estimate of drug-likeness (QED) is 0.521. The standard InChI is InChI=1S/C12H18N2O/c1-13-6-2-3-9-8-14-12-5-4-10(15)7-11(9)12/h4-5,7,9,13-15H,2-3,6,8H2,1H3. The summed E-state index contributed by atoms with van der Waals surface area (Å²) in [6.07, 6.45) is 2.35. The molecule has 3 N–H and O–H groups in total. The molecule has 0 spiro atoms. The summed E-state index contributed by atoms with van der Waals surface area (Å²) in [5.41, 5.74) is 2.45. The van der Waals surface area contributed by atoms with Crippen LogP contribution in [0.5, 0.6) is 5.75 Å². The molecule has 0 radical (unpaired) electrons. The minimum Gasteiger partial charge on any atom is -0.508 e. The number of hydrogen-bond donors (Lipinski definition) is 3. The predicted molar refractivity (Wildman–Crippen MR) is 62.5 cm³/mol. The molecule has 1 aliphatic heterocycles. The van der Waals surface area contributed by atoms with Gasteiger partial charge in [0.2, 0.25) is 0 Å². The Morgan fingerprint density at radius 1 is 1.53 bits per heavy atom. The van der Waals surface area contributed by atoms with E-state index < -0.39 is 0 Å². The molecule has 3 heteroatoms. The summed E-state index contributed by atoms with van der Waals surface area (Å²) < 4.78 is 0. The largest absolute Gasteiger partial charge is 0.508 e. The molecule has 0 saturated heterocycles. The van der Waals surface area contributed by atoms with Gasteiger partial charge in [-0.25, -0.2) is 0 Å². The van der Waals surface area contributed by atoms with E-state index in [1.54, 1.807) is 6.07 Å². The first-order valence-corrected chi connectivity index (χ1v) is 5.52. The Bertz CT molecular complexity index is 338. The van der Waals surface area contributed by atoms with Crippen LogP contribution >= 0.6 is 0 Å². The van der Waals surface area contributed by atoms with Gasteiger partial charge in [-0.3, -0.25) is 0 Å². The number of rotatable bonds is 4. The van der Waals surface area contributed by atoms with Crippen molar-refractivity contribution in [2.45, 2.75) is 18.8 Å². The number of fused-ring (bicyclic) bond motifs is 1. The summed E-state index contributed by atoms with van der Waals surface area (Å²) in [5.74, 6) is 0.927. The van der Waals surface area contributed by atoms with Gasteiger partial charge in [-0.1, -0.05) is 0 Å². The highest BCUT2D eigenvalue weighted by molar-refractivity contribution is 5.59. The van der Waals surface area contributed by atoms with Crippen LogP contribution in [-0.4, -0.2) is 25.2 Å². The van der Waals surface area contributed by atoms with Gasteiger partial charge in [0.25, 0.3) is 0 Å². The van der Waals surface area contributed by atoms with Crippen molar-refractivity contribution in [2.24, 2.45) is 0 Å². The van der Waals surface area contributed by atoms with Gasteiger partial charge in [0.1, 0.15) is 5.75 Å². The molecule has 1 unspecified atom stereocenters. The predicted octanol–water partition coefficient (Wildman–Crippen LogP) is 1.90. The Labute approximate surface area is 90.5 Å². The molecule has 0 aliphatic carbocycles. The Hall–Kier alpha value is -1.22. The minimum atomic E-state index is 0.371. The van der Waals surface area contributed by atoms with E-state index in [-0.39, 0.29) is 0 Å². The molecule has 3 nitrogen and oxygen atoms in total. The second kappa shape index (κ2) is 4.53. The zero-order valence-electron chi connectivity index (χ0n) is 9.09. The fraction of sp³-hybridized carbons (Fsp3) is 0.500. The van der Waals surface area contributed by atoms with E-state index >= 15 is 0 Å². The van der Waals surface area contributed by atoms with Crippen LogP contribution < -0.4 is 10.6 Å². The number of phenols is 1. The van der Waals surface area contributed by atoms with Gasteiger partial charge in [0.05, 0.1) is 0 Å².